The van der Waals surface area contributed by atoms with Gasteiger partial charge < -0.3 is 5.73 Å². The van der Waals surface area contributed by atoms with E-state index in [-0.39, 0.29) is 6.04 Å². The van der Waals surface area contributed by atoms with Crippen molar-refractivity contribution in [2.45, 2.75) is 52.0 Å². The molecule has 0 aliphatic heterocycles. The zero-order chi connectivity index (χ0) is 13.5. The molecular formula is C15H23F2N. The molecule has 1 nitrogen and oxygen atoms in total. The van der Waals surface area contributed by atoms with Crippen molar-refractivity contribution in [3.05, 3.63) is 35.4 Å². The maximum atomic E-state index is 13.6. The number of nitrogens with two attached hydrogens (primary N) is 1. The molecule has 0 amide bonds. The smallest absolute Gasteiger partial charge is 0.129 e. The van der Waals surface area contributed by atoms with Crippen LogP contribution in [-0.4, -0.2) is 6.04 Å². The Morgan fingerprint density at radius 3 is 2.22 bits per heavy atom. The van der Waals surface area contributed by atoms with Gasteiger partial charge in [0.1, 0.15) is 11.6 Å². The van der Waals surface area contributed by atoms with E-state index in [9.17, 15) is 8.78 Å². The molecule has 0 saturated carbocycles. The first kappa shape index (κ1) is 15.1. The lowest BCUT2D eigenvalue weighted by Crippen LogP contribution is -2.32. The van der Waals surface area contributed by atoms with Crippen LogP contribution in [0, 0.1) is 17.6 Å². The highest BCUT2D eigenvalue weighted by molar-refractivity contribution is 5.19. The molecule has 18 heavy (non-hydrogen) atoms. The molecular weight excluding hydrogens is 232 g/mol. The normalized spacial score (nSPS) is 13.0. The number of rotatable bonds is 7. The summed E-state index contributed by atoms with van der Waals surface area (Å²) in [5, 5.41) is 0. The highest BCUT2D eigenvalue weighted by Crippen LogP contribution is 2.21. The van der Waals surface area contributed by atoms with Gasteiger partial charge in [0, 0.05) is 12.1 Å². The fourth-order valence-electron chi connectivity index (χ4n) is 2.42. The van der Waals surface area contributed by atoms with Gasteiger partial charge in [0.05, 0.1) is 0 Å². The average Bonchev–Trinajstić information content (AvgIpc) is 2.32. The Kier molecular flexibility index (Phi) is 6.27. The molecule has 0 radical (unpaired) electrons. The molecule has 0 bridgehead atoms. The van der Waals surface area contributed by atoms with Crippen molar-refractivity contribution in [2.24, 2.45) is 11.7 Å². The number of benzene rings is 1. The SMILES string of the molecule is CCCC(CCC)C(N)Cc1ccc(F)cc1F. The Morgan fingerprint density at radius 2 is 1.72 bits per heavy atom. The van der Waals surface area contributed by atoms with E-state index in [1.165, 1.54) is 12.1 Å². The predicted molar refractivity (Wildman–Crippen MR) is 71.3 cm³/mol. The third-order valence-corrected chi connectivity index (χ3v) is 3.40. The molecule has 1 aromatic rings. The summed E-state index contributed by atoms with van der Waals surface area (Å²) < 4.78 is 26.4. The van der Waals surface area contributed by atoms with Crippen LogP contribution in [0.1, 0.15) is 45.1 Å². The van der Waals surface area contributed by atoms with E-state index >= 15 is 0 Å². The Hall–Kier alpha value is -0.960. The van der Waals surface area contributed by atoms with E-state index in [0.29, 0.717) is 17.9 Å². The topological polar surface area (TPSA) is 26.0 Å². The van der Waals surface area contributed by atoms with Crippen molar-refractivity contribution in [1.29, 1.82) is 0 Å². The number of halogens is 2. The quantitative estimate of drug-likeness (QED) is 0.781. The van der Waals surface area contributed by atoms with Gasteiger partial charge in [0.25, 0.3) is 0 Å². The molecule has 0 aliphatic carbocycles. The largest absolute Gasteiger partial charge is 0.327 e. The van der Waals surface area contributed by atoms with Crippen LogP contribution in [-0.2, 0) is 6.42 Å². The zero-order valence-corrected chi connectivity index (χ0v) is 11.3. The minimum Gasteiger partial charge on any atom is -0.327 e. The molecule has 0 spiro atoms. The number of hydrogen-bond acceptors (Lipinski definition) is 1. The van der Waals surface area contributed by atoms with Crippen molar-refractivity contribution in [3.8, 4) is 0 Å². The first-order valence-electron chi connectivity index (χ1n) is 6.78. The molecule has 0 heterocycles. The van der Waals surface area contributed by atoms with Crippen LogP contribution >= 0.6 is 0 Å². The summed E-state index contributed by atoms with van der Waals surface area (Å²) in [5.74, 6) is -0.606. The lowest BCUT2D eigenvalue weighted by Gasteiger charge is -2.23. The van der Waals surface area contributed by atoms with Crippen LogP contribution in [0.25, 0.3) is 0 Å². The van der Waals surface area contributed by atoms with E-state index < -0.39 is 11.6 Å². The van der Waals surface area contributed by atoms with Crippen LogP contribution < -0.4 is 5.73 Å². The van der Waals surface area contributed by atoms with Gasteiger partial charge in [-0.05, 0) is 36.8 Å². The molecule has 0 aliphatic rings. The molecule has 3 heteroatoms. The first-order valence-corrected chi connectivity index (χ1v) is 6.78. The summed E-state index contributed by atoms with van der Waals surface area (Å²) in [6, 6.07) is 3.67. The average molecular weight is 255 g/mol. The maximum Gasteiger partial charge on any atom is 0.129 e. The molecule has 102 valence electrons. The van der Waals surface area contributed by atoms with Crippen LogP contribution in [0.4, 0.5) is 8.78 Å². The second kappa shape index (κ2) is 7.47. The lowest BCUT2D eigenvalue weighted by molar-refractivity contribution is 0.357. The maximum absolute atomic E-state index is 13.6. The highest BCUT2D eigenvalue weighted by Gasteiger charge is 2.18. The van der Waals surface area contributed by atoms with Gasteiger partial charge >= 0.3 is 0 Å². The van der Waals surface area contributed by atoms with Crippen LogP contribution in [0.15, 0.2) is 18.2 Å². The zero-order valence-electron chi connectivity index (χ0n) is 11.3. The molecule has 1 aromatic carbocycles. The first-order chi connectivity index (χ1) is 8.58. The Bertz CT molecular complexity index is 360. The molecule has 0 aromatic heterocycles. The van der Waals surface area contributed by atoms with Gasteiger partial charge in [0.15, 0.2) is 0 Å². The summed E-state index contributed by atoms with van der Waals surface area (Å²) >= 11 is 0. The second-order valence-corrected chi connectivity index (χ2v) is 4.94. The third-order valence-electron chi connectivity index (χ3n) is 3.40. The fourth-order valence-corrected chi connectivity index (χ4v) is 2.42. The van der Waals surface area contributed by atoms with Crippen molar-refractivity contribution >= 4 is 0 Å². The van der Waals surface area contributed by atoms with Gasteiger partial charge in [-0.25, -0.2) is 8.78 Å². The molecule has 2 N–H and O–H groups in total. The van der Waals surface area contributed by atoms with Gasteiger partial charge in [-0.2, -0.15) is 0 Å². The Balaban J connectivity index is 2.69. The molecule has 0 saturated heterocycles. The van der Waals surface area contributed by atoms with Crippen LogP contribution in [0.2, 0.25) is 0 Å². The van der Waals surface area contributed by atoms with Crippen LogP contribution in [0.3, 0.4) is 0 Å². The molecule has 0 fully saturated rings. The fraction of sp³-hybridized carbons (Fsp3) is 0.600. The van der Waals surface area contributed by atoms with Crippen LogP contribution in [0.5, 0.6) is 0 Å². The highest BCUT2D eigenvalue weighted by atomic mass is 19.1. The Labute approximate surface area is 108 Å². The number of hydrogen-bond donors (Lipinski definition) is 1. The van der Waals surface area contributed by atoms with Gasteiger partial charge in [0.2, 0.25) is 0 Å². The summed E-state index contributed by atoms with van der Waals surface area (Å²) in [6.07, 6.45) is 4.79. The van der Waals surface area contributed by atoms with Gasteiger partial charge in [-0.1, -0.05) is 32.8 Å². The minimum absolute atomic E-state index is 0.0511. The van der Waals surface area contributed by atoms with Crippen molar-refractivity contribution < 1.29 is 8.78 Å². The van der Waals surface area contributed by atoms with E-state index in [2.05, 4.69) is 13.8 Å². The van der Waals surface area contributed by atoms with E-state index in [1.807, 2.05) is 0 Å². The molecule has 1 unspecified atom stereocenters. The van der Waals surface area contributed by atoms with Gasteiger partial charge in [-0.15, -0.1) is 0 Å². The van der Waals surface area contributed by atoms with E-state index in [4.69, 9.17) is 5.73 Å². The van der Waals surface area contributed by atoms with Crippen molar-refractivity contribution in [2.75, 3.05) is 0 Å². The van der Waals surface area contributed by atoms with E-state index in [0.717, 1.165) is 31.7 Å². The Morgan fingerprint density at radius 1 is 1.11 bits per heavy atom. The summed E-state index contributed by atoms with van der Waals surface area (Å²) in [7, 11) is 0. The van der Waals surface area contributed by atoms with E-state index in [1.54, 1.807) is 0 Å². The summed E-state index contributed by atoms with van der Waals surface area (Å²) in [4.78, 5) is 0. The predicted octanol–water partition coefficient (Wildman–Crippen LogP) is 4.05. The molecule has 1 rings (SSSR count). The van der Waals surface area contributed by atoms with Crippen molar-refractivity contribution in [1.82, 2.24) is 0 Å². The van der Waals surface area contributed by atoms with Crippen molar-refractivity contribution in [3.63, 3.8) is 0 Å². The molecule has 1 atom stereocenters. The van der Waals surface area contributed by atoms with Gasteiger partial charge in [-0.3, -0.25) is 0 Å². The lowest BCUT2D eigenvalue weighted by atomic mass is 9.87. The standard InChI is InChI=1S/C15H23F2N/c1-3-5-11(6-4-2)15(18)9-12-7-8-13(16)10-14(12)17/h7-8,10-11,15H,3-6,9,18H2,1-2H3. The summed E-state index contributed by atoms with van der Waals surface area (Å²) in [5.41, 5.74) is 6.68. The second-order valence-electron chi connectivity index (χ2n) is 4.94. The third kappa shape index (κ3) is 4.37. The summed E-state index contributed by atoms with van der Waals surface area (Å²) in [6.45, 7) is 4.27. The minimum atomic E-state index is -0.538. The monoisotopic (exact) mass is 255 g/mol.